The Hall–Kier alpha value is -0.160. The Balaban J connectivity index is 0.00000288. The van der Waals surface area contributed by atoms with Crippen LogP contribution in [0.4, 0.5) is 0 Å². The van der Waals surface area contributed by atoms with Crippen molar-refractivity contribution in [1.82, 2.24) is 15.5 Å². The molecule has 7 nitrogen and oxygen atoms in total. The number of hydrogen-bond donors (Lipinski definition) is 2. The van der Waals surface area contributed by atoms with Crippen LogP contribution in [0.15, 0.2) is 4.99 Å². The molecule has 8 heteroatoms. The second-order valence-corrected chi connectivity index (χ2v) is 6.08. The molecule has 2 N–H and O–H groups in total. The van der Waals surface area contributed by atoms with Gasteiger partial charge in [-0.05, 0) is 6.92 Å². The lowest BCUT2D eigenvalue weighted by Gasteiger charge is -2.34. The van der Waals surface area contributed by atoms with E-state index in [1.807, 2.05) is 0 Å². The molecular formula is C16H33IN4O3. The minimum atomic E-state index is -0.176. The van der Waals surface area contributed by atoms with Gasteiger partial charge in [-0.15, -0.1) is 24.0 Å². The summed E-state index contributed by atoms with van der Waals surface area (Å²) < 4.78 is 16.6. The average Bonchev–Trinajstić information content (AvgIpc) is 2.61. The molecule has 2 aliphatic rings. The van der Waals surface area contributed by atoms with Crippen molar-refractivity contribution in [1.29, 1.82) is 0 Å². The van der Waals surface area contributed by atoms with Gasteiger partial charge in [0.1, 0.15) is 0 Å². The molecule has 0 unspecified atom stereocenters. The largest absolute Gasteiger partial charge is 0.381 e. The van der Waals surface area contributed by atoms with Crippen LogP contribution in [0, 0.1) is 0 Å². The summed E-state index contributed by atoms with van der Waals surface area (Å²) in [5.41, 5.74) is -0.176. The van der Waals surface area contributed by atoms with Crippen molar-refractivity contribution < 1.29 is 14.2 Å². The van der Waals surface area contributed by atoms with Crippen molar-refractivity contribution in [2.24, 2.45) is 4.99 Å². The molecule has 24 heavy (non-hydrogen) atoms. The van der Waals surface area contributed by atoms with E-state index in [4.69, 9.17) is 19.2 Å². The predicted octanol–water partition coefficient (Wildman–Crippen LogP) is 0.687. The van der Waals surface area contributed by atoms with Crippen LogP contribution in [-0.4, -0.2) is 89.3 Å². The van der Waals surface area contributed by atoms with Crippen LogP contribution in [0.25, 0.3) is 0 Å². The van der Waals surface area contributed by atoms with E-state index in [1.54, 1.807) is 7.11 Å². The van der Waals surface area contributed by atoms with Crippen molar-refractivity contribution in [3.05, 3.63) is 0 Å². The summed E-state index contributed by atoms with van der Waals surface area (Å²) in [6.07, 6.45) is 1.81. The summed E-state index contributed by atoms with van der Waals surface area (Å²) in [5, 5.41) is 6.73. The van der Waals surface area contributed by atoms with E-state index in [1.165, 1.54) is 0 Å². The Kier molecular flexibility index (Phi) is 11.2. The third-order valence-corrected chi connectivity index (χ3v) is 4.53. The van der Waals surface area contributed by atoms with Gasteiger partial charge in [0.2, 0.25) is 0 Å². The standard InChI is InChI=1S/C16H32N4O3.HI/c1-3-17-15(18-6-7-20-8-12-23-13-9-20)19-14-16(21-2)4-10-22-11-5-16;/h3-14H2,1-2H3,(H2,17,18,19);1H. The normalized spacial score (nSPS) is 21.8. The molecule has 2 rings (SSSR count). The maximum absolute atomic E-state index is 5.74. The van der Waals surface area contributed by atoms with Gasteiger partial charge in [-0.3, -0.25) is 9.89 Å². The zero-order chi connectivity index (χ0) is 16.4. The summed E-state index contributed by atoms with van der Waals surface area (Å²) in [6.45, 7) is 10.7. The Morgan fingerprint density at radius 1 is 1.12 bits per heavy atom. The number of rotatable bonds is 7. The zero-order valence-corrected chi connectivity index (χ0v) is 17.3. The van der Waals surface area contributed by atoms with Gasteiger partial charge >= 0.3 is 0 Å². The summed E-state index contributed by atoms with van der Waals surface area (Å²) >= 11 is 0. The predicted molar refractivity (Wildman–Crippen MR) is 106 cm³/mol. The fraction of sp³-hybridized carbons (Fsp3) is 0.938. The number of methoxy groups -OCH3 is 1. The molecule has 2 heterocycles. The number of ether oxygens (including phenoxy) is 3. The van der Waals surface area contributed by atoms with Gasteiger partial charge in [0, 0.05) is 65.9 Å². The lowest BCUT2D eigenvalue weighted by Crippen LogP contribution is -2.46. The van der Waals surface area contributed by atoms with E-state index in [2.05, 4.69) is 22.5 Å². The topological polar surface area (TPSA) is 67.4 Å². The van der Waals surface area contributed by atoms with Gasteiger partial charge in [-0.1, -0.05) is 0 Å². The first-order valence-electron chi connectivity index (χ1n) is 8.73. The lowest BCUT2D eigenvalue weighted by atomic mass is 9.94. The maximum atomic E-state index is 5.74. The highest BCUT2D eigenvalue weighted by atomic mass is 127. The zero-order valence-electron chi connectivity index (χ0n) is 15.0. The fourth-order valence-electron chi connectivity index (χ4n) is 2.89. The second-order valence-electron chi connectivity index (χ2n) is 6.08. The second kappa shape index (κ2) is 12.2. The van der Waals surface area contributed by atoms with Gasteiger partial charge in [0.25, 0.3) is 0 Å². The number of hydrogen-bond acceptors (Lipinski definition) is 5. The van der Waals surface area contributed by atoms with Gasteiger partial charge in [0.05, 0.1) is 25.4 Å². The first-order chi connectivity index (χ1) is 11.3. The minimum absolute atomic E-state index is 0. The highest BCUT2D eigenvalue weighted by molar-refractivity contribution is 14.0. The smallest absolute Gasteiger partial charge is 0.191 e. The van der Waals surface area contributed by atoms with Crippen LogP contribution < -0.4 is 10.6 Å². The van der Waals surface area contributed by atoms with E-state index >= 15 is 0 Å². The summed E-state index contributed by atoms with van der Waals surface area (Å²) in [4.78, 5) is 7.15. The number of nitrogens with zero attached hydrogens (tertiary/aromatic N) is 2. The first kappa shape index (κ1) is 21.9. The van der Waals surface area contributed by atoms with Crippen molar-refractivity contribution in [2.45, 2.75) is 25.4 Å². The number of guanidine groups is 1. The van der Waals surface area contributed by atoms with E-state index in [0.717, 1.165) is 78.0 Å². The van der Waals surface area contributed by atoms with Crippen molar-refractivity contribution in [3.8, 4) is 0 Å². The van der Waals surface area contributed by atoms with Crippen LogP contribution in [0.2, 0.25) is 0 Å². The molecule has 0 saturated carbocycles. The van der Waals surface area contributed by atoms with Gasteiger partial charge < -0.3 is 24.8 Å². The highest BCUT2D eigenvalue weighted by Gasteiger charge is 2.32. The van der Waals surface area contributed by atoms with Crippen LogP contribution in [-0.2, 0) is 14.2 Å². The molecule has 2 saturated heterocycles. The van der Waals surface area contributed by atoms with Crippen molar-refractivity contribution >= 4 is 29.9 Å². The molecule has 142 valence electrons. The Morgan fingerprint density at radius 2 is 1.79 bits per heavy atom. The monoisotopic (exact) mass is 456 g/mol. The number of halogens is 1. The fourth-order valence-corrected chi connectivity index (χ4v) is 2.89. The molecule has 0 aliphatic carbocycles. The van der Waals surface area contributed by atoms with E-state index in [9.17, 15) is 0 Å². The number of nitrogens with one attached hydrogen (secondary N) is 2. The molecule has 0 spiro atoms. The number of morpholine rings is 1. The van der Waals surface area contributed by atoms with E-state index in [0.29, 0.717) is 6.54 Å². The Bertz CT molecular complexity index is 359. The quantitative estimate of drug-likeness (QED) is 0.334. The molecule has 0 amide bonds. The van der Waals surface area contributed by atoms with Gasteiger partial charge in [0.15, 0.2) is 5.96 Å². The molecule has 0 atom stereocenters. The highest BCUT2D eigenvalue weighted by Crippen LogP contribution is 2.24. The molecule has 0 bridgehead atoms. The van der Waals surface area contributed by atoms with Gasteiger partial charge in [-0.25, -0.2) is 0 Å². The Labute approximate surface area is 162 Å². The van der Waals surface area contributed by atoms with Crippen molar-refractivity contribution in [3.63, 3.8) is 0 Å². The Morgan fingerprint density at radius 3 is 2.42 bits per heavy atom. The first-order valence-corrected chi connectivity index (χ1v) is 8.73. The molecule has 0 aromatic heterocycles. The lowest BCUT2D eigenvalue weighted by molar-refractivity contribution is -0.0828. The summed E-state index contributed by atoms with van der Waals surface area (Å²) in [6, 6.07) is 0. The summed E-state index contributed by atoms with van der Waals surface area (Å²) in [7, 11) is 1.78. The van der Waals surface area contributed by atoms with Crippen LogP contribution in [0.5, 0.6) is 0 Å². The minimum Gasteiger partial charge on any atom is -0.381 e. The third kappa shape index (κ3) is 7.38. The summed E-state index contributed by atoms with van der Waals surface area (Å²) in [5.74, 6) is 0.865. The average molecular weight is 456 g/mol. The maximum Gasteiger partial charge on any atom is 0.191 e. The van der Waals surface area contributed by atoms with Crippen LogP contribution in [0.3, 0.4) is 0 Å². The SMILES string of the molecule is CCNC(=NCC1(OC)CCOCC1)NCCN1CCOCC1.I. The molecule has 0 aromatic carbocycles. The van der Waals surface area contributed by atoms with E-state index in [-0.39, 0.29) is 29.6 Å². The van der Waals surface area contributed by atoms with E-state index < -0.39 is 0 Å². The molecule has 0 aromatic rings. The van der Waals surface area contributed by atoms with Gasteiger partial charge in [-0.2, -0.15) is 0 Å². The van der Waals surface area contributed by atoms with Crippen LogP contribution >= 0.6 is 24.0 Å². The third-order valence-electron chi connectivity index (χ3n) is 4.53. The van der Waals surface area contributed by atoms with Crippen molar-refractivity contribution in [2.75, 3.05) is 72.8 Å². The molecule has 2 fully saturated rings. The van der Waals surface area contributed by atoms with Crippen LogP contribution in [0.1, 0.15) is 19.8 Å². The molecular weight excluding hydrogens is 423 g/mol. The molecule has 0 radical (unpaired) electrons. The molecule has 2 aliphatic heterocycles. The number of aliphatic imine (C=N–C) groups is 1.